The molecule has 2 heterocycles. The molecular formula is C10H19NS2. The van der Waals surface area contributed by atoms with Gasteiger partial charge in [0.2, 0.25) is 0 Å². The zero-order valence-corrected chi connectivity index (χ0v) is 9.76. The van der Waals surface area contributed by atoms with Crippen LogP contribution < -0.4 is 5.32 Å². The van der Waals surface area contributed by atoms with Crippen LogP contribution in [0.15, 0.2) is 0 Å². The van der Waals surface area contributed by atoms with Gasteiger partial charge in [-0.1, -0.05) is 0 Å². The lowest BCUT2D eigenvalue weighted by Crippen LogP contribution is -2.37. The van der Waals surface area contributed by atoms with Gasteiger partial charge in [0.05, 0.1) is 0 Å². The zero-order valence-electron chi connectivity index (χ0n) is 8.13. The average molecular weight is 217 g/mol. The molecule has 0 aromatic carbocycles. The lowest BCUT2D eigenvalue weighted by atomic mass is 10.1. The molecule has 2 unspecified atom stereocenters. The van der Waals surface area contributed by atoms with Gasteiger partial charge in [-0.05, 0) is 49.0 Å². The van der Waals surface area contributed by atoms with E-state index in [4.69, 9.17) is 0 Å². The van der Waals surface area contributed by atoms with Crippen LogP contribution in [-0.4, -0.2) is 35.6 Å². The highest BCUT2D eigenvalue weighted by Gasteiger charge is 2.18. The van der Waals surface area contributed by atoms with Gasteiger partial charge in [-0.15, -0.1) is 0 Å². The van der Waals surface area contributed by atoms with Crippen LogP contribution in [0, 0.1) is 5.92 Å². The van der Waals surface area contributed by atoms with Gasteiger partial charge in [0.25, 0.3) is 0 Å². The third-order valence-corrected chi connectivity index (χ3v) is 5.33. The number of nitrogens with one attached hydrogen (secondary N) is 1. The minimum atomic E-state index is 0.823. The maximum Gasteiger partial charge on any atom is 0.0158 e. The first kappa shape index (κ1) is 10.2. The molecule has 13 heavy (non-hydrogen) atoms. The second-order valence-electron chi connectivity index (χ2n) is 4.05. The largest absolute Gasteiger partial charge is 0.313 e. The Morgan fingerprint density at radius 1 is 1.08 bits per heavy atom. The van der Waals surface area contributed by atoms with Crippen molar-refractivity contribution in [2.75, 3.05) is 29.6 Å². The second-order valence-corrected chi connectivity index (χ2v) is 6.35. The molecule has 2 aliphatic rings. The summed E-state index contributed by atoms with van der Waals surface area (Å²) in [7, 11) is 0. The minimum Gasteiger partial charge on any atom is -0.313 e. The van der Waals surface area contributed by atoms with Crippen LogP contribution in [0.3, 0.4) is 0 Å². The van der Waals surface area contributed by atoms with E-state index in [1.54, 1.807) is 0 Å². The molecule has 2 fully saturated rings. The molecule has 0 amide bonds. The Morgan fingerprint density at radius 3 is 2.69 bits per heavy atom. The first-order valence-electron chi connectivity index (χ1n) is 5.34. The van der Waals surface area contributed by atoms with Crippen molar-refractivity contribution in [2.45, 2.75) is 25.3 Å². The highest BCUT2D eigenvalue weighted by Crippen LogP contribution is 2.23. The molecule has 3 heteroatoms. The van der Waals surface area contributed by atoms with E-state index < -0.39 is 0 Å². The van der Waals surface area contributed by atoms with E-state index in [9.17, 15) is 0 Å². The first-order chi connectivity index (χ1) is 6.45. The van der Waals surface area contributed by atoms with Crippen molar-refractivity contribution in [1.82, 2.24) is 5.32 Å². The van der Waals surface area contributed by atoms with Gasteiger partial charge < -0.3 is 5.32 Å². The van der Waals surface area contributed by atoms with E-state index in [0.29, 0.717) is 0 Å². The molecule has 0 aliphatic carbocycles. The third kappa shape index (κ3) is 3.37. The fraction of sp³-hybridized carbons (Fsp3) is 1.00. The lowest BCUT2D eigenvalue weighted by molar-refractivity contribution is 0.448. The Morgan fingerprint density at radius 2 is 2.00 bits per heavy atom. The van der Waals surface area contributed by atoms with Crippen molar-refractivity contribution < 1.29 is 0 Å². The molecule has 2 saturated heterocycles. The summed E-state index contributed by atoms with van der Waals surface area (Å²) < 4.78 is 0. The SMILES string of the molecule is C1CSCC(NCC2CCSC2)C1. The first-order valence-corrected chi connectivity index (χ1v) is 7.65. The van der Waals surface area contributed by atoms with Crippen molar-refractivity contribution in [3.05, 3.63) is 0 Å². The van der Waals surface area contributed by atoms with E-state index >= 15 is 0 Å². The topological polar surface area (TPSA) is 12.0 Å². The van der Waals surface area contributed by atoms with Crippen LogP contribution in [0.5, 0.6) is 0 Å². The van der Waals surface area contributed by atoms with E-state index in [2.05, 4.69) is 28.8 Å². The summed E-state index contributed by atoms with van der Waals surface area (Å²) in [5.41, 5.74) is 0. The maximum absolute atomic E-state index is 3.73. The van der Waals surface area contributed by atoms with Gasteiger partial charge in [-0.25, -0.2) is 0 Å². The van der Waals surface area contributed by atoms with Gasteiger partial charge in [0.15, 0.2) is 0 Å². The van der Waals surface area contributed by atoms with Crippen molar-refractivity contribution in [3.63, 3.8) is 0 Å². The molecule has 2 atom stereocenters. The van der Waals surface area contributed by atoms with Crippen molar-refractivity contribution >= 4 is 23.5 Å². The van der Waals surface area contributed by atoms with Crippen LogP contribution >= 0.6 is 23.5 Å². The third-order valence-electron chi connectivity index (χ3n) is 2.88. The summed E-state index contributed by atoms with van der Waals surface area (Å²) >= 11 is 4.24. The summed E-state index contributed by atoms with van der Waals surface area (Å²) in [6.07, 6.45) is 4.27. The van der Waals surface area contributed by atoms with E-state index in [1.807, 2.05) is 0 Å². The minimum absolute atomic E-state index is 0.823. The summed E-state index contributed by atoms with van der Waals surface area (Å²) in [5.74, 6) is 6.49. The van der Waals surface area contributed by atoms with Crippen LogP contribution in [0.4, 0.5) is 0 Å². The lowest BCUT2D eigenvalue weighted by Gasteiger charge is -2.23. The summed E-state index contributed by atoms with van der Waals surface area (Å²) in [6, 6.07) is 0.823. The smallest absolute Gasteiger partial charge is 0.0158 e. The van der Waals surface area contributed by atoms with Crippen molar-refractivity contribution in [3.8, 4) is 0 Å². The predicted octanol–water partition coefficient (Wildman–Crippen LogP) is 2.22. The normalized spacial score (nSPS) is 35.1. The highest BCUT2D eigenvalue weighted by molar-refractivity contribution is 7.99. The molecule has 0 radical (unpaired) electrons. The second kappa shape index (κ2) is 5.52. The van der Waals surface area contributed by atoms with Gasteiger partial charge in [-0.3, -0.25) is 0 Å². The van der Waals surface area contributed by atoms with Crippen molar-refractivity contribution in [1.29, 1.82) is 0 Å². The molecule has 0 aromatic heterocycles. The molecule has 1 nitrogen and oxygen atoms in total. The number of hydrogen-bond donors (Lipinski definition) is 1. The Labute approximate surface area is 89.8 Å². The summed E-state index contributed by atoms with van der Waals surface area (Å²) in [5, 5.41) is 3.73. The molecule has 1 N–H and O–H groups in total. The standard InChI is InChI=1S/C10H19NS2/c1-2-10(8-12-4-1)11-6-9-3-5-13-7-9/h9-11H,1-8H2. The fourth-order valence-corrected chi connectivity index (χ4v) is 4.37. The molecule has 0 aromatic rings. The molecule has 0 saturated carbocycles. The van der Waals surface area contributed by atoms with E-state index in [0.717, 1.165) is 12.0 Å². The van der Waals surface area contributed by atoms with Crippen LogP contribution in [0.25, 0.3) is 0 Å². The Hall–Kier alpha value is 0.660. The van der Waals surface area contributed by atoms with Crippen LogP contribution in [0.1, 0.15) is 19.3 Å². The number of rotatable bonds is 3. The molecule has 0 bridgehead atoms. The molecular weight excluding hydrogens is 198 g/mol. The molecule has 2 aliphatic heterocycles. The fourth-order valence-electron chi connectivity index (χ4n) is 1.98. The summed E-state index contributed by atoms with van der Waals surface area (Å²) in [6.45, 7) is 1.28. The maximum atomic E-state index is 3.73. The Balaban J connectivity index is 1.60. The van der Waals surface area contributed by atoms with Crippen LogP contribution in [-0.2, 0) is 0 Å². The van der Waals surface area contributed by atoms with E-state index in [1.165, 1.54) is 48.8 Å². The van der Waals surface area contributed by atoms with Crippen LogP contribution in [0.2, 0.25) is 0 Å². The molecule has 76 valence electrons. The Kier molecular flexibility index (Phi) is 4.32. The summed E-state index contributed by atoms with van der Waals surface area (Å²) in [4.78, 5) is 0. The van der Waals surface area contributed by atoms with Gasteiger partial charge in [-0.2, -0.15) is 23.5 Å². The Bertz CT molecular complexity index is 140. The van der Waals surface area contributed by atoms with Gasteiger partial charge in [0, 0.05) is 11.8 Å². The average Bonchev–Trinajstić information content (AvgIpc) is 2.69. The predicted molar refractivity (Wildman–Crippen MR) is 63.8 cm³/mol. The number of thioether (sulfide) groups is 2. The highest BCUT2D eigenvalue weighted by atomic mass is 32.2. The monoisotopic (exact) mass is 217 g/mol. The molecule has 2 rings (SSSR count). The zero-order chi connectivity index (χ0) is 8.93. The number of hydrogen-bond acceptors (Lipinski definition) is 3. The quantitative estimate of drug-likeness (QED) is 0.778. The van der Waals surface area contributed by atoms with Crippen molar-refractivity contribution in [2.24, 2.45) is 5.92 Å². The van der Waals surface area contributed by atoms with Gasteiger partial charge in [0.1, 0.15) is 0 Å². The molecule has 0 spiro atoms. The van der Waals surface area contributed by atoms with E-state index in [-0.39, 0.29) is 0 Å². The van der Waals surface area contributed by atoms with Gasteiger partial charge >= 0.3 is 0 Å².